The molecule has 1 aliphatic rings. The third-order valence-corrected chi connectivity index (χ3v) is 4.91. The van der Waals surface area contributed by atoms with Crippen LogP contribution in [0.15, 0.2) is 66.9 Å². The fraction of sp³-hybridized carbons (Fsp3) is 0.217. The van der Waals surface area contributed by atoms with Crippen LogP contribution in [0.2, 0.25) is 0 Å². The van der Waals surface area contributed by atoms with Crippen LogP contribution in [-0.2, 0) is 10.9 Å². The molecule has 0 radical (unpaired) electrons. The van der Waals surface area contributed by atoms with Gasteiger partial charge in [-0.1, -0.05) is 12.1 Å². The van der Waals surface area contributed by atoms with Crippen molar-refractivity contribution in [3.63, 3.8) is 0 Å². The number of hydrogen-bond acceptors (Lipinski definition) is 5. The third-order valence-electron chi connectivity index (χ3n) is 4.91. The Balaban J connectivity index is 1.42. The van der Waals surface area contributed by atoms with Crippen molar-refractivity contribution in [3.05, 3.63) is 78.0 Å². The summed E-state index contributed by atoms with van der Waals surface area (Å²) in [5, 5.41) is 2.93. The molecule has 1 amide bonds. The Morgan fingerprint density at radius 2 is 1.72 bits per heavy atom. The van der Waals surface area contributed by atoms with E-state index in [4.69, 9.17) is 9.47 Å². The first kappa shape index (κ1) is 21.6. The number of carbonyl (C=O) groups is 1. The number of pyridine rings is 1. The predicted molar refractivity (Wildman–Crippen MR) is 113 cm³/mol. The Morgan fingerprint density at radius 3 is 2.38 bits per heavy atom. The number of hydrogen-bond donors (Lipinski definition) is 1. The molecule has 0 saturated carbocycles. The van der Waals surface area contributed by atoms with Crippen molar-refractivity contribution in [1.29, 1.82) is 0 Å². The largest absolute Gasteiger partial charge is 0.439 e. The monoisotopic (exact) mass is 443 g/mol. The highest BCUT2D eigenvalue weighted by molar-refractivity contribution is 6.06. The number of ether oxygens (including phenoxy) is 2. The highest BCUT2D eigenvalue weighted by Gasteiger charge is 2.30. The van der Waals surface area contributed by atoms with E-state index < -0.39 is 11.7 Å². The van der Waals surface area contributed by atoms with Gasteiger partial charge in [-0.15, -0.1) is 0 Å². The van der Waals surface area contributed by atoms with Crippen molar-refractivity contribution in [2.24, 2.45) is 0 Å². The van der Waals surface area contributed by atoms with E-state index in [-0.39, 0.29) is 11.8 Å². The molecule has 1 aromatic heterocycles. The summed E-state index contributed by atoms with van der Waals surface area (Å²) >= 11 is 0. The van der Waals surface area contributed by atoms with Crippen molar-refractivity contribution >= 4 is 17.3 Å². The second-order valence-electron chi connectivity index (χ2n) is 7.08. The van der Waals surface area contributed by atoms with E-state index in [9.17, 15) is 18.0 Å². The first-order chi connectivity index (χ1) is 15.4. The van der Waals surface area contributed by atoms with E-state index in [1.807, 2.05) is 24.3 Å². The van der Waals surface area contributed by atoms with Gasteiger partial charge in [-0.05, 0) is 42.5 Å². The summed E-state index contributed by atoms with van der Waals surface area (Å²) in [5.41, 5.74) is 1.19. The summed E-state index contributed by atoms with van der Waals surface area (Å²) in [6.45, 7) is 2.77. The van der Waals surface area contributed by atoms with Crippen LogP contribution in [0, 0.1) is 0 Å². The number of para-hydroxylation sites is 2. The van der Waals surface area contributed by atoms with E-state index in [1.165, 1.54) is 0 Å². The van der Waals surface area contributed by atoms with Gasteiger partial charge in [-0.2, -0.15) is 13.2 Å². The van der Waals surface area contributed by atoms with Crippen molar-refractivity contribution < 1.29 is 27.4 Å². The van der Waals surface area contributed by atoms with Crippen LogP contribution in [0.3, 0.4) is 0 Å². The lowest BCUT2D eigenvalue weighted by Crippen LogP contribution is -2.36. The fourth-order valence-corrected chi connectivity index (χ4v) is 3.26. The van der Waals surface area contributed by atoms with Gasteiger partial charge in [0.25, 0.3) is 5.91 Å². The first-order valence-corrected chi connectivity index (χ1v) is 9.94. The minimum atomic E-state index is -4.46. The number of aromatic nitrogens is 1. The second-order valence-corrected chi connectivity index (χ2v) is 7.08. The molecule has 1 fully saturated rings. The third kappa shape index (κ3) is 5.17. The van der Waals surface area contributed by atoms with E-state index in [2.05, 4.69) is 15.2 Å². The quantitative estimate of drug-likeness (QED) is 0.603. The summed E-state index contributed by atoms with van der Waals surface area (Å²) in [7, 11) is 0. The molecule has 166 valence electrons. The summed E-state index contributed by atoms with van der Waals surface area (Å²) in [6, 6.07) is 15.9. The van der Waals surface area contributed by atoms with Crippen LogP contribution in [0.1, 0.15) is 15.9 Å². The van der Waals surface area contributed by atoms with Gasteiger partial charge in [0.15, 0.2) is 0 Å². The van der Waals surface area contributed by atoms with Crippen LogP contribution in [0.25, 0.3) is 0 Å². The summed E-state index contributed by atoms with van der Waals surface area (Å²) < 4.78 is 48.7. The molecule has 0 atom stereocenters. The minimum Gasteiger partial charge on any atom is -0.439 e. The zero-order valence-electron chi connectivity index (χ0n) is 16.9. The van der Waals surface area contributed by atoms with Gasteiger partial charge in [-0.25, -0.2) is 4.98 Å². The lowest BCUT2D eigenvalue weighted by molar-refractivity contribution is -0.137. The second kappa shape index (κ2) is 9.27. The average Bonchev–Trinajstić information content (AvgIpc) is 2.80. The van der Waals surface area contributed by atoms with Crippen molar-refractivity contribution in [3.8, 4) is 11.6 Å². The number of nitrogens with one attached hydrogen (secondary N) is 1. The zero-order valence-corrected chi connectivity index (χ0v) is 16.9. The van der Waals surface area contributed by atoms with E-state index in [1.54, 1.807) is 24.3 Å². The van der Waals surface area contributed by atoms with Gasteiger partial charge in [0.1, 0.15) is 5.75 Å². The standard InChI is InChI=1S/C23H20F3N3O3/c24-23(25,26)17-7-10-21(27-15-17)32-18-8-5-16(6-9-18)22(30)28-19-3-1-2-4-20(19)29-11-13-31-14-12-29/h1-10,15H,11-14H2,(H,28,30). The number of carbonyl (C=O) groups excluding carboxylic acids is 1. The van der Waals surface area contributed by atoms with Crippen LogP contribution < -0.4 is 15.0 Å². The Labute approximate surface area is 182 Å². The van der Waals surface area contributed by atoms with Crippen molar-refractivity contribution in [2.75, 3.05) is 36.5 Å². The molecule has 6 nitrogen and oxygen atoms in total. The number of nitrogens with zero attached hydrogens (tertiary/aromatic N) is 2. The SMILES string of the molecule is O=C(Nc1ccccc1N1CCOCC1)c1ccc(Oc2ccc(C(F)(F)F)cn2)cc1. The summed E-state index contributed by atoms with van der Waals surface area (Å²) in [4.78, 5) is 18.6. The number of amides is 1. The van der Waals surface area contributed by atoms with Crippen LogP contribution in [0.4, 0.5) is 24.5 Å². The summed E-state index contributed by atoms with van der Waals surface area (Å²) in [6.07, 6.45) is -3.75. The number of halogens is 3. The number of rotatable bonds is 5. The fourth-order valence-electron chi connectivity index (χ4n) is 3.26. The Morgan fingerprint density at radius 1 is 1.00 bits per heavy atom. The molecule has 3 aromatic rings. The van der Waals surface area contributed by atoms with Crippen molar-refractivity contribution in [2.45, 2.75) is 6.18 Å². The molecule has 32 heavy (non-hydrogen) atoms. The molecule has 0 bridgehead atoms. The normalized spacial score (nSPS) is 14.2. The number of morpholine rings is 1. The lowest BCUT2D eigenvalue weighted by Gasteiger charge is -2.30. The first-order valence-electron chi connectivity index (χ1n) is 9.94. The Kier molecular flexibility index (Phi) is 6.27. The van der Waals surface area contributed by atoms with Crippen LogP contribution in [-0.4, -0.2) is 37.2 Å². The molecule has 9 heteroatoms. The van der Waals surface area contributed by atoms with Gasteiger partial charge in [0.05, 0.1) is 30.2 Å². The van der Waals surface area contributed by atoms with Gasteiger partial charge in [0.2, 0.25) is 5.88 Å². The van der Waals surface area contributed by atoms with Gasteiger partial charge in [-0.3, -0.25) is 4.79 Å². The predicted octanol–water partition coefficient (Wildman–Crippen LogP) is 4.98. The number of alkyl halides is 3. The van der Waals surface area contributed by atoms with E-state index in [0.717, 1.165) is 30.9 Å². The summed E-state index contributed by atoms with van der Waals surface area (Å²) in [5.74, 6) is 0.0853. The molecule has 4 rings (SSSR count). The minimum absolute atomic E-state index is 0.0228. The molecule has 1 saturated heterocycles. The number of benzene rings is 2. The van der Waals surface area contributed by atoms with Gasteiger partial charge in [0, 0.05) is 30.9 Å². The van der Waals surface area contributed by atoms with Gasteiger partial charge >= 0.3 is 6.18 Å². The Hall–Kier alpha value is -3.59. The van der Waals surface area contributed by atoms with Crippen LogP contribution in [0.5, 0.6) is 11.6 Å². The molecule has 2 aromatic carbocycles. The number of anilines is 2. The molecule has 0 unspecified atom stereocenters. The van der Waals surface area contributed by atoms with Crippen LogP contribution >= 0.6 is 0 Å². The maximum Gasteiger partial charge on any atom is 0.417 e. The molecule has 2 heterocycles. The molecular formula is C23H20F3N3O3. The van der Waals surface area contributed by atoms with E-state index >= 15 is 0 Å². The van der Waals surface area contributed by atoms with E-state index in [0.29, 0.717) is 36.4 Å². The maximum atomic E-state index is 12.7. The molecule has 0 aliphatic carbocycles. The molecule has 1 aliphatic heterocycles. The zero-order chi connectivity index (χ0) is 22.6. The lowest BCUT2D eigenvalue weighted by atomic mass is 10.2. The highest BCUT2D eigenvalue weighted by atomic mass is 19.4. The molecule has 1 N–H and O–H groups in total. The molecular weight excluding hydrogens is 423 g/mol. The van der Waals surface area contributed by atoms with Gasteiger partial charge < -0.3 is 19.7 Å². The molecule has 0 spiro atoms. The maximum absolute atomic E-state index is 12.7. The van der Waals surface area contributed by atoms with Crippen molar-refractivity contribution in [1.82, 2.24) is 4.98 Å². The topological polar surface area (TPSA) is 63.7 Å². The smallest absolute Gasteiger partial charge is 0.417 e. The average molecular weight is 443 g/mol. The highest BCUT2D eigenvalue weighted by Crippen LogP contribution is 2.30. The Bertz CT molecular complexity index is 1060.